The van der Waals surface area contributed by atoms with E-state index < -0.39 is 25.0 Å². The zero-order chi connectivity index (χ0) is 23.4. The van der Waals surface area contributed by atoms with Crippen molar-refractivity contribution < 1.29 is 32.2 Å². The fraction of sp³-hybridized carbons (Fsp3) is 0.958. The number of halogens is 3. The van der Waals surface area contributed by atoms with Crippen LogP contribution in [0.5, 0.6) is 0 Å². The van der Waals surface area contributed by atoms with Crippen molar-refractivity contribution in [3.63, 3.8) is 0 Å². The molecule has 7 heteroatoms. The molecule has 0 aromatic heterocycles. The maximum Gasteiger partial charge on any atom is 0.411 e. The minimum atomic E-state index is -4.36. The molecule has 0 spiro atoms. The Morgan fingerprint density at radius 1 is 0.742 bits per heavy atom. The van der Waals surface area contributed by atoms with E-state index in [0.29, 0.717) is 32.5 Å². The Kier molecular flexibility index (Phi) is 19.3. The van der Waals surface area contributed by atoms with Gasteiger partial charge in [0.15, 0.2) is 0 Å². The highest BCUT2D eigenvalue weighted by molar-refractivity contribution is 5.69. The molecule has 0 aromatic rings. The molecule has 0 aromatic carbocycles. The van der Waals surface area contributed by atoms with Gasteiger partial charge < -0.3 is 14.2 Å². The van der Waals surface area contributed by atoms with Gasteiger partial charge in [0.25, 0.3) is 0 Å². The van der Waals surface area contributed by atoms with Crippen LogP contribution in [0.25, 0.3) is 0 Å². The summed E-state index contributed by atoms with van der Waals surface area (Å²) in [5.74, 6) is -0.250. The fourth-order valence-electron chi connectivity index (χ4n) is 3.52. The van der Waals surface area contributed by atoms with Crippen molar-refractivity contribution in [2.45, 2.75) is 129 Å². The van der Waals surface area contributed by atoms with Crippen LogP contribution in [0.4, 0.5) is 13.2 Å². The molecule has 0 radical (unpaired) electrons. The summed E-state index contributed by atoms with van der Waals surface area (Å²) in [6, 6.07) is 0. The Labute approximate surface area is 187 Å². The molecule has 0 saturated heterocycles. The first kappa shape index (κ1) is 30.2. The lowest BCUT2D eigenvalue weighted by atomic mass is 10.0. The molecule has 4 nitrogen and oxygen atoms in total. The average Bonchev–Trinajstić information content (AvgIpc) is 2.71. The molecule has 0 aliphatic rings. The first-order valence-electron chi connectivity index (χ1n) is 12.3. The number of alkyl halides is 3. The highest BCUT2D eigenvalue weighted by atomic mass is 19.4. The lowest BCUT2D eigenvalue weighted by Gasteiger charge is -2.27. The second-order valence-electron chi connectivity index (χ2n) is 8.19. The van der Waals surface area contributed by atoms with E-state index in [1.54, 1.807) is 0 Å². The minimum absolute atomic E-state index is 0.250. The van der Waals surface area contributed by atoms with Crippen molar-refractivity contribution in [2.24, 2.45) is 0 Å². The summed E-state index contributed by atoms with van der Waals surface area (Å²) < 4.78 is 53.9. The SMILES string of the molecule is CCCCCCCCCCOC(=O)CCCC(OCC)C(CCCC)OCC(F)(F)F. The van der Waals surface area contributed by atoms with Crippen LogP contribution < -0.4 is 0 Å². The van der Waals surface area contributed by atoms with Crippen LogP contribution >= 0.6 is 0 Å². The Bertz CT molecular complexity index is 416. The molecular weight excluding hydrogens is 409 g/mol. The van der Waals surface area contributed by atoms with Gasteiger partial charge in [-0.15, -0.1) is 0 Å². The third-order valence-electron chi connectivity index (χ3n) is 5.23. The van der Waals surface area contributed by atoms with E-state index >= 15 is 0 Å². The van der Waals surface area contributed by atoms with Crippen LogP contribution in [0.15, 0.2) is 0 Å². The monoisotopic (exact) mass is 454 g/mol. The molecule has 0 heterocycles. The first-order valence-corrected chi connectivity index (χ1v) is 12.3. The molecule has 0 N–H and O–H groups in total. The van der Waals surface area contributed by atoms with Gasteiger partial charge in [0, 0.05) is 13.0 Å². The van der Waals surface area contributed by atoms with E-state index in [4.69, 9.17) is 14.2 Å². The van der Waals surface area contributed by atoms with Gasteiger partial charge in [-0.1, -0.05) is 71.6 Å². The summed E-state index contributed by atoms with van der Waals surface area (Å²) in [5.41, 5.74) is 0. The number of carbonyl (C=O) groups is 1. The van der Waals surface area contributed by atoms with E-state index in [1.165, 1.54) is 38.5 Å². The second-order valence-corrected chi connectivity index (χ2v) is 8.19. The Morgan fingerprint density at radius 3 is 1.87 bits per heavy atom. The predicted octanol–water partition coefficient (Wildman–Crippen LogP) is 7.38. The van der Waals surface area contributed by atoms with Crippen LogP contribution in [0, 0.1) is 0 Å². The maximum atomic E-state index is 12.6. The van der Waals surface area contributed by atoms with E-state index in [-0.39, 0.29) is 12.4 Å². The largest absolute Gasteiger partial charge is 0.466 e. The van der Waals surface area contributed by atoms with Gasteiger partial charge in [0.2, 0.25) is 0 Å². The van der Waals surface area contributed by atoms with E-state index in [9.17, 15) is 18.0 Å². The number of hydrogen-bond acceptors (Lipinski definition) is 4. The third kappa shape index (κ3) is 19.6. The number of rotatable bonds is 21. The summed E-state index contributed by atoms with van der Waals surface area (Å²) in [6.45, 7) is 5.57. The van der Waals surface area contributed by atoms with Crippen molar-refractivity contribution in [1.29, 1.82) is 0 Å². The molecule has 2 unspecified atom stereocenters. The Balaban J connectivity index is 4.13. The highest BCUT2D eigenvalue weighted by Gasteiger charge is 2.32. The van der Waals surface area contributed by atoms with Gasteiger partial charge in [-0.2, -0.15) is 13.2 Å². The topological polar surface area (TPSA) is 44.8 Å². The number of hydrogen-bond donors (Lipinski definition) is 0. The van der Waals surface area contributed by atoms with Gasteiger partial charge in [-0.05, 0) is 32.6 Å². The molecule has 0 fully saturated rings. The third-order valence-corrected chi connectivity index (χ3v) is 5.23. The van der Waals surface area contributed by atoms with E-state index in [1.807, 2.05) is 13.8 Å². The molecule has 186 valence electrons. The molecule has 2 atom stereocenters. The quantitative estimate of drug-likeness (QED) is 0.134. The van der Waals surface area contributed by atoms with Crippen molar-refractivity contribution in [1.82, 2.24) is 0 Å². The lowest BCUT2D eigenvalue weighted by molar-refractivity contribution is -0.199. The number of carbonyl (C=O) groups excluding carboxylic acids is 1. The smallest absolute Gasteiger partial charge is 0.411 e. The van der Waals surface area contributed by atoms with Crippen molar-refractivity contribution >= 4 is 5.97 Å². The molecule has 0 aliphatic heterocycles. The number of ether oxygens (including phenoxy) is 3. The van der Waals surface area contributed by atoms with Crippen molar-refractivity contribution in [3.8, 4) is 0 Å². The van der Waals surface area contributed by atoms with Gasteiger partial charge in [-0.3, -0.25) is 4.79 Å². The van der Waals surface area contributed by atoms with E-state index in [2.05, 4.69) is 6.92 Å². The summed E-state index contributed by atoms with van der Waals surface area (Å²) >= 11 is 0. The van der Waals surface area contributed by atoms with Crippen molar-refractivity contribution in [2.75, 3.05) is 19.8 Å². The summed E-state index contributed by atoms with van der Waals surface area (Å²) in [7, 11) is 0. The Morgan fingerprint density at radius 2 is 1.29 bits per heavy atom. The minimum Gasteiger partial charge on any atom is -0.466 e. The molecule has 0 rings (SSSR count). The average molecular weight is 455 g/mol. The molecule has 0 amide bonds. The highest BCUT2D eigenvalue weighted by Crippen LogP contribution is 2.22. The molecule has 0 saturated carbocycles. The molecule has 0 bridgehead atoms. The fourth-order valence-corrected chi connectivity index (χ4v) is 3.52. The van der Waals surface area contributed by atoms with Crippen molar-refractivity contribution in [3.05, 3.63) is 0 Å². The lowest BCUT2D eigenvalue weighted by Crippen LogP contribution is -2.35. The summed E-state index contributed by atoms with van der Waals surface area (Å²) in [6.07, 6.45) is 7.47. The van der Waals surface area contributed by atoms with Crippen LogP contribution in [-0.4, -0.2) is 44.2 Å². The second kappa shape index (κ2) is 19.8. The van der Waals surface area contributed by atoms with Crippen LogP contribution in [0.2, 0.25) is 0 Å². The van der Waals surface area contributed by atoms with Gasteiger partial charge in [-0.25, -0.2) is 0 Å². The number of unbranched alkanes of at least 4 members (excludes halogenated alkanes) is 8. The normalized spacial score (nSPS) is 13.9. The van der Waals surface area contributed by atoms with E-state index in [0.717, 1.165) is 25.7 Å². The maximum absolute atomic E-state index is 12.6. The van der Waals surface area contributed by atoms with Gasteiger partial charge in [0.1, 0.15) is 6.61 Å². The number of esters is 1. The van der Waals surface area contributed by atoms with Crippen LogP contribution in [0.1, 0.15) is 111 Å². The standard InChI is InChI=1S/C24H45F3O4/c1-4-7-9-10-11-12-13-14-19-30-23(28)18-15-17-21(29-6-3)22(16-8-5-2)31-20-24(25,26)27/h21-22H,4-20H2,1-3H3. The van der Waals surface area contributed by atoms with Crippen LogP contribution in [-0.2, 0) is 19.0 Å². The van der Waals surface area contributed by atoms with Gasteiger partial charge in [0.05, 0.1) is 18.8 Å². The zero-order valence-electron chi connectivity index (χ0n) is 19.9. The van der Waals surface area contributed by atoms with Crippen LogP contribution in [0.3, 0.4) is 0 Å². The predicted molar refractivity (Wildman–Crippen MR) is 118 cm³/mol. The zero-order valence-corrected chi connectivity index (χ0v) is 19.9. The first-order chi connectivity index (χ1) is 14.8. The summed E-state index contributed by atoms with van der Waals surface area (Å²) in [4.78, 5) is 11.9. The molecule has 0 aliphatic carbocycles. The summed E-state index contributed by atoms with van der Waals surface area (Å²) in [5, 5.41) is 0. The molecular formula is C24H45F3O4. The Hall–Kier alpha value is -0.820. The van der Waals surface area contributed by atoms with Gasteiger partial charge >= 0.3 is 12.1 Å². The molecule has 31 heavy (non-hydrogen) atoms.